The van der Waals surface area contributed by atoms with Crippen molar-refractivity contribution in [3.8, 4) is 0 Å². The summed E-state index contributed by atoms with van der Waals surface area (Å²) in [4.78, 5) is 7.89. The summed E-state index contributed by atoms with van der Waals surface area (Å²) in [6.45, 7) is 14.6. The van der Waals surface area contributed by atoms with Crippen LogP contribution in [-0.4, -0.2) is 36.6 Å². The van der Waals surface area contributed by atoms with Crippen molar-refractivity contribution in [3.05, 3.63) is 75.5 Å². The molecule has 0 radical (unpaired) electrons. The van der Waals surface area contributed by atoms with E-state index < -0.39 is 8.32 Å². The minimum absolute atomic E-state index is 0.189. The molecule has 1 aliphatic heterocycles. The number of rotatable bonds is 5. The Hall–Kier alpha value is -1.35. The first kappa shape index (κ1) is 28.7. The second-order valence-corrected chi connectivity index (χ2v) is 14.3. The van der Waals surface area contributed by atoms with E-state index in [9.17, 15) is 0 Å². The maximum atomic E-state index is 8.77. The summed E-state index contributed by atoms with van der Waals surface area (Å²) in [5.41, 5.74) is 3.65. The van der Waals surface area contributed by atoms with E-state index in [2.05, 4.69) is 73.3 Å². The van der Waals surface area contributed by atoms with Crippen LogP contribution in [0.25, 0.3) is 5.57 Å². The summed E-state index contributed by atoms with van der Waals surface area (Å²) in [5.74, 6) is 0. The Kier molecular flexibility index (Phi) is 13.9. The normalized spacial score (nSPS) is 16.4. The summed E-state index contributed by atoms with van der Waals surface area (Å²) in [6.07, 6.45) is 13.3. The van der Waals surface area contributed by atoms with Crippen molar-refractivity contribution in [1.29, 1.82) is 0 Å². The zero-order valence-corrected chi connectivity index (χ0v) is 23.5. The van der Waals surface area contributed by atoms with Crippen molar-refractivity contribution in [2.24, 2.45) is 0 Å². The number of pyridine rings is 2. The zero-order valence-electron chi connectivity index (χ0n) is 20.4. The first-order valence-electron chi connectivity index (χ1n) is 11.3. The van der Waals surface area contributed by atoms with Crippen molar-refractivity contribution < 1.29 is 9.53 Å². The number of nitrogens with zero attached hydrogens (tertiary/aromatic N) is 2. The average molecular weight is 567 g/mol. The Morgan fingerprint density at radius 3 is 2.06 bits per heavy atom. The number of allylic oxidation sites excluding steroid dienone is 2. The maximum Gasteiger partial charge on any atom is 0.225 e. The molecule has 6 heteroatoms. The SMILES string of the molecule is C/C=C(\CCO)c1cccnc1.C/C=C1\CCO[Si]1(C(C)C)C(C)C.Ic1cccnc1. The molecule has 0 unspecified atom stereocenters. The van der Waals surface area contributed by atoms with E-state index in [1.165, 1.54) is 9.99 Å². The van der Waals surface area contributed by atoms with Crippen LogP contribution < -0.4 is 0 Å². The van der Waals surface area contributed by atoms with Crippen LogP contribution in [0.15, 0.2) is 66.4 Å². The molecule has 32 heavy (non-hydrogen) atoms. The molecule has 3 rings (SSSR count). The third-order valence-electron chi connectivity index (χ3n) is 5.67. The van der Waals surface area contributed by atoms with Gasteiger partial charge in [-0.25, -0.2) is 0 Å². The van der Waals surface area contributed by atoms with E-state index in [1.54, 1.807) is 17.6 Å². The lowest BCUT2D eigenvalue weighted by Crippen LogP contribution is -2.42. The Bertz CT molecular complexity index is 816. The van der Waals surface area contributed by atoms with Gasteiger partial charge in [0, 0.05) is 41.6 Å². The van der Waals surface area contributed by atoms with Crippen LogP contribution in [-0.2, 0) is 4.43 Å². The number of hydrogen-bond acceptors (Lipinski definition) is 4. The summed E-state index contributed by atoms with van der Waals surface area (Å²) in [7, 11) is -1.56. The fourth-order valence-electron chi connectivity index (χ4n) is 4.20. The molecule has 0 aliphatic carbocycles. The molecule has 0 spiro atoms. The molecular formula is C26H39IN2O2Si. The highest BCUT2D eigenvalue weighted by Gasteiger charge is 2.48. The van der Waals surface area contributed by atoms with Gasteiger partial charge in [0.15, 0.2) is 0 Å². The van der Waals surface area contributed by atoms with Gasteiger partial charge in [0.25, 0.3) is 0 Å². The molecule has 1 saturated heterocycles. The monoisotopic (exact) mass is 566 g/mol. The molecule has 0 amide bonds. The Morgan fingerprint density at radius 1 is 1.09 bits per heavy atom. The van der Waals surface area contributed by atoms with Gasteiger partial charge >= 0.3 is 0 Å². The Balaban J connectivity index is 0.000000250. The molecule has 2 aromatic heterocycles. The standard InChI is InChI=1S/C11H22OSi.C10H13NO.C5H4IN/c1-6-11-7-8-12-13(11,9(2)3)10(4)5;1-2-9(5-7-12)10-4-3-6-11-8-10;6-5-2-1-3-7-4-5/h6,9-10H,7-8H2,1-5H3;2-4,6,8,12H,5,7H2,1H3;1-4H/b11-6+;9-2+;. The van der Waals surface area contributed by atoms with Crippen LogP contribution in [0.2, 0.25) is 11.1 Å². The van der Waals surface area contributed by atoms with Crippen molar-refractivity contribution in [1.82, 2.24) is 9.97 Å². The topological polar surface area (TPSA) is 55.2 Å². The van der Waals surface area contributed by atoms with Gasteiger partial charge in [0.05, 0.1) is 0 Å². The number of halogens is 1. The number of aromatic nitrogens is 2. The first-order chi connectivity index (χ1) is 15.3. The largest absolute Gasteiger partial charge is 0.412 e. The van der Waals surface area contributed by atoms with Crippen molar-refractivity contribution >= 4 is 36.5 Å². The van der Waals surface area contributed by atoms with Crippen LogP contribution in [0, 0.1) is 3.57 Å². The summed E-state index contributed by atoms with van der Waals surface area (Å²) >= 11 is 2.22. The third-order valence-corrected chi connectivity index (χ3v) is 12.0. The lowest BCUT2D eigenvalue weighted by atomic mass is 10.1. The minimum atomic E-state index is -1.56. The third kappa shape index (κ3) is 8.54. The van der Waals surface area contributed by atoms with Gasteiger partial charge in [-0.15, -0.1) is 0 Å². The first-order valence-corrected chi connectivity index (χ1v) is 14.5. The van der Waals surface area contributed by atoms with E-state index in [0.717, 1.165) is 17.7 Å². The van der Waals surface area contributed by atoms with Crippen LogP contribution in [0.1, 0.15) is 59.9 Å². The second-order valence-electron chi connectivity index (χ2n) is 8.22. The quantitative estimate of drug-likeness (QED) is 0.307. The molecule has 0 bridgehead atoms. The van der Waals surface area contributed by atoms with E-state index >= 15 is 0 Å². The molecule has 3 heterocycles. The predicted octanol–water partition coefficient (Wildman–Crippen LogP) is 7.21. The second kappa shape index (κ2) is 15.5. The average Bonchev–Trinajstić information content (AvgIpc) is 3.25. The minimum Gasteiger partial charge on any atom is -0.412 e. The molecule has 4 nitrogen and oxygen atoms in total. The van der Waals surface area contributed by atoms with Gasteiger partial charge in [-0.3, -0.25) is 9.97 Å². The summed E-state index contributed by atoms with van der Waals surface area (Å²) < 4.78 is 7.32. The van der Waals surface area contributed by atoms with Gasteiger partial charge in [0.1, 0.15) is 0 Å². The molecule has 0 atom stereocenters. The molecule has 1 aliphatic rings. The fourth-order valence-corrected chi connectivity index (χ4v) is 9.62. The van der Waals surface area contributed by atoms with Crippen LogP contribution in [0.4, 0.5) is 0 Å². The highest BCUT2D eigenvalue weighted by atomic mass is 127. The van der Waals surface area contributed by atoms with Crippen LogP contribution in [0.3, 0.4) is 0 Å². The number of hydrogen-bond donors (Lipinski definition) is 1. The van der Waals surface area contributed by atoms with Crippen molar-refractivity contribution in [3.63, 3.8) is 0 Å². The van der Waals surface area contributed by atoms with E-state index in [4.69, 9.17) is 9.53 Å². The van der Waals surface area contributed by atoms with Crippen molar-refractivity contribution in [2.45, 2.75) is 65.5 Å². The molecule has 0 saturated carbocycles. The number of aliphatic hydroxyl groups excluding tert-OH is 1. The van der Waals surface area contributed by atoms with E-state index in [-0.39, 0.29) is 6.61 Å². The van der Waals surface area contributed by atoms with Gasteiger partial charge in [-0.1, -0.05) is 51.1 Å². The van der Waals surface area contributed by atoms with Gasteiger partial charge in [-0.2, -0.15) is 0 Å². The van der Waals surface area contributed by atoms with Crippen LogP contribution >= 0.6 is 22.6 Å². The molecule has 176 valence electrons. The Morgan fingerprint density at radius 2 is 1.72 bits per heavy atom. The summed E-state index contributed by atoms with van der Waals surface area (Å²) in [5, 5.41) is 10.4. The van der Waals surface area contributed by atoms with E-state index in [0.29, 0.717) is 17.5 Å². The smallest absolute Gasteiger partial charge is 0.225 e. The molecule has 1 N–H and O–H groups in total. The Labute approximate surface area is 209 Å². The zero-order chi connectivity index (χ0) is 24.0. The number of aliphatic hydroxyl groups is 1. The van der Waals surface area contributed by atoms with E-state index in [1.807, 2.05) is 49.7 Å². The van der Waals surface area contributed by atoms with Gasteiger partial charge < -0.3 is 9.53 Å². The molecule has 0 aromatic carbocycles. The molecule has 2 aromatic rings. The summed E-state index contributed by atoms with van der Waals surface area (Å²) in [6, 6.07) is 7.82. The lowest BCUT2D eigenvalue weighted by Gasteiger charge is -2.35. The predicted molar refractivity (Wildman–Crippen MR) is 147 cm³/mol. The van der Waals surface area contributed by atoms with Gasteiger partial charge in [0.2, 0.25) is 8.32 Å². The lowest BCUT2D eigenvalue weighted by molar-refractivity contribution is 0.305. The molecular weight excluding hydrogens is 527 g/mol. The highest BCUT2D eigenvalue weighted by Crippen LogP contribution is 2.44. The molecule has 1 fully saturated rings. The van der Waals surface area contributed by atoms with Crippen LogP contribution in [0.5, 0.6) is 0 Å². The van der Waals surface area contributed by atoms with Crippen molar-refractivity contribution in [2.75, 3.05) is 13.2 Å². The van der Waals surface area contributed by atoms with Gasteiger partial charge in [-0.05, 0) is 89.7 Å². The maximum absolute atomic E-state index is 8.77. The highest BCUT2D eigenvalue weighted by molar-refractivity contribution is 14.1. The fraction of sp³-hybridized carbons (Fsp3) is 0.462.